The number of fused-ring (bicyclic) bond motifs is 2. The van der Waals surface area contributed by atoms with Crippen molar-refractivity contribution in [2.24, 2.45) is 5.73 Å². The average Bonchev–Trinajstić information content (AvgIpc) is 3.41. The molecule has 4 heterocycles. The number of β-amino-alcohol motifs (C(OH)–C–C–N with tert-alkyl or cyclic N) is 1. The molecule has 3 aliphatic heterocycles. The number of benzene rings is 1. The molecule has 38 heavy (non-hydrogen) atoms. The number of rotatable bonds is 7. The Morgan fingerprint density at radius 1 is 1.16 bits per heavy atom. The number of nitrogens with zero attached hydrogens (tertiary/aromatic N) is 3. The third-order valence-corrected chi connectivity index (χ3v) is 7.66. The quantitative estimate of drug-likeness (QED) is 0.483. The molecule has 1 aromatic carbocycles. The molecule has 3 amide bonds. The van der Waals surface area contributed by atoms with Gasteiger partial charge in [-0.3, -0.25) is 14.4 Å². The van der Waals surface area contributed by atoms with E-state index in [1.807, 2.05) is 4.90 Å². The highest BCUT2D eigenvalue weighted by Gasteiger charge is 2.44. The van der Waals surface area contributed by atoms with E-state index in [2.05, 4.69) is 10.3 Å². The first-order valence-corrected chi connectivity index (χ1v) is 13.0. The fourth-order valence-electron chi connectivity index (χ4n) is 5.79. The molecule has 12 heteroatoms. The van der Waals surface area contributed by atoms with E-state index in [0.29, 0.717) is 18.6 Å². The number of hydrogen-bond donors (Lipinski definition) is 3. The summed E-state index contributed by atoms with van der Waals surface area (Å²) in [6.07, 6.45) is 3.57. The van der Waals surface area contributed by atoms with E-state index in [9.17, 15) is 23.9 Å². The Balaban J connectivity index is 1.24. The molecule has 0 saturated carbocycles. The van der Waals surface area contributed by atoms with Crippen LogP contribution in [-0.2, 0) is 9.59 Å². The van der Waals surface area contributed by atoms with Crippen LogP contribution in [0, 0.1) is 5.82 Å². The molecule has 5 atom stereocenters. The number of nitrogens with two attached hydrogens (primary N) is 1. The summed E-state index contributed by atoms with van der Waals surface area (Å²) in [7, 11) is 0. The van der Waals surface area contributed by atoms with Crippen molar-refractivity contribution in [1.82, 2.24) is 14.8 Å². The predicted octanol–water partition coefficient (Wildman–Crippen LogP) is 1.95. The number of primary amides is 1. The number of carbonyl (C=O) groups is 3. The Morgan fingerprint density at radius 3 is 2.50 bits per heavy atom. The van der Waals surface area contributed by atoms with Gasteiger partial charge in [0.15, 0.2) is 0 Å². The summed E-state index contributed by atoms with van der Waals surface area (Å²) in [5.74, 6) is -0.965. The SMILES string of the molecule is NC(=O)[C@@H]1C[C@@H](O)CN1C(=O)c1cc(Cl)cnc1NCC(=O)N1[C@@H]2CC[C@H]1CC(Oc1ccc(F)cc1)C2. The second-order valence-corrected chi connectivity index (χ2v) is 10.5. The zero-order valence-corrected chi connectivity index (χ0v) is 21.3. The van der Waals surface area contributed by atoms with Crippen LogP contribution in [0.4, 0.5) is 10.2 Å². The van der Waals surface area contributed by atoms with Crippen molar-refractivity contribution in [3.05, 3.63) is 52.9 Å². The van der Waals surface area contributed by atoms with Crippen molar-refractivity contribution >= 4 is 35.1 Å². The summed E-state index contributed by atoms with van der Waals surface area (Å²) in [5, 5.41) is 13.2. The number of piperidine rings is 1. The maximum Gasteiger partial charge on any atom is 0.258 e. The minimum atomic E-state index is -0.944. The number of ether oxygens (including phenoxy) is 1. The first-order valence-electron chi connectivity index (χ1n) is 12.6. The molecule has 10 nitrogen and oxygen atoms in total. The van der Waals surface area contributed by atoms with Crippen molar-refractivity contribution < 1.29 is 28.6 Å². The van der Waals surface area contributed by atoms with Crippen molar-refractivity contribution in [3.8, 4) is 5.75 Å². The van der Waals surface area contributed by atoms with E-state index in [0.717, 1.165) is 12.8 Å². The number of anilines is 1. The molecule has 1 unspecified atom stereocenters. The molecule has 0 spiro atoms. The summed E-state index contributed by atoms with van der Waals surface area (Å²) in [6.45, 7) is -0.136. The monoisotopic (exact) mass is 545 g/mol. The highest BCUT2D eigenvalue weighted by atomic mass is 35.5. The van der Waals surface area contributed by atoms with E-state index >= 15 is 0 Å². The molecule has 3 saturated heterocycles. The van der Waals surface area contributed by atoms with Crippen LogP contribution < -0.4 is 15.8 Å². The van der Waals surface area contributed by atoms with Gasteiger partial charge in [0, 0.05) is 44.1 Å². The zero-order valence-electron chi connectivity index (χ0n) is 20.6. The standard InChI is InChI=1S/C26H29ClFN5O5/c27-14-7-21(26(37)32-13-18(34)10-22(32)24(29)36)25(30-11-14)31-12-23(35)33-16-3-4-17(33)9-20(8-16)38-19-5-1-15(28)2-6-19/h1-2,5-7,11,16-18,20,22,34H,3-4,8-10,12-13H2,(H2,29,36)(H,30,31)/t16-,17+,18-,20?,22+/m1/s1. The molecule has 5 rings (SSSR count). The highest BCUT2D eigenvalue weighted by Crippen LogP contribution is 2.37. The average molecular weight is 546 g/mol. The second-order valence-electron chi connectivity index (χ2n) is 10.0. The number of nitrogens with one attached hydrogen (secondary N) is 1. The van der Waals surface area contributed by atoms with Crippen LogP contribution in [0.15, 0.2) is 36.5 Å². The van der Waals surface area contributed by atoms with Gasteiger partial charge in [-0.25, -0.2) is 9.37 Å². The Morgan fingerprint density at radius 2 is 1.84 bits per heavy atom. The maximum absolute atomic E-state index is 13.3. The predicted molar refractivity (Wildman–Crippen MR) is 136 cm³/mol. The molecule has 2 bridgehead atoms. The third kappa shape index (κ3) is 5.39. The molecule has 0 radical (unpaired) electrons. The Kier molecular flexibility index (Phi) is 7.40. The largest absolute Gasteiger partial charge is 0.490 e. The number of hydrogen-bond acceptors (Lipinski definition) is 7. The lowest BCUT2D eigenvalue weighted by Gasteiger charge is -2.39. The van der Waals surface area contributed by atoms with Crippen LogP contribution in [0.1, 0.15) is 42.5 Å². The second kappa shape index (κ2) is 10.7. The Hall–Kier alpha value is -3.44. The molecule has 2 aromatic rings. The number of aromatic nitrogens is 1. The number of halogens is 2. The van der Waals surface area contributed by atoms with Crippen LogP contribution in [0.3, 0.4) is 0 Å². The van der Waals surface area contributed by atoms with E-state index in [4.69, 9.17) is 22.1 Å². The molecule has 202 valence electrons. The van der Waals surface area contributed by atoms with Gasteiger partial charge in [-0.05, 0) is 43.2 Å². The summed E-state index contributed by atoms with van der Waals surface area (Å²) in [5.41, 5.74) is 5.51. The molecule has 0 aliphatic carbocycles. The van der Waals surface area contributed by atoms with Gasteiger partial charge < -0.3 is 30.7 Å². The Labute approximate surface area is 223 Å². The van der Waals surface area contributed by atoms with Gasteiger partial charge in [0.1, 0.15) is 29.5 Å². The van der Waals surface area contributed by atoms with Crippen molar-refractivity contribution in [2.75, 3.05) is 18.4 Å². The Bertz CT molecular complexity index is 1220. The molecule has 4 N–H and O–H groups in total. The van der Waals surface area contributed by atoms with E-state index in [1.165, 1.54) is 29.3 Å². The van der Waals surface area contributed by atoms with Crippen LogP contribution >= 0.6 is 11.6 Å². The zero-order chi connectivity index (χ0) is 27.0. The first kappa shape index (κ1) is 26.2. The molecule has 3 aliphatic rings. The van der Waals surface area contributed by atoms with Gasteiger partial charge >= 0.3 is 0 Å². The summed E-state index contributed by atoms with van der Waals surface area (Å²) in [6, 6.07) is 6.44. The minimum Gasteiger partial charge on any atom is -0.490 e. The van der Waals surface area contributed by atoms with Crippen LogP contribution in [0.5, 0.6) is 5.75 Å². The van der Waals surface area contributed by atoms with E-state index in [-0.39, 0.29) is 65.8 Å². The number of carbonyl (C=O) groups excluding carboxylic acids is 3. The summed E-state index contributed by atoms with van der Waals surface area (Å²) < 4.78 is 19.2. The number of amides is 3. The van der Waals surface area contributed by atoms with Crippen LogP contribution in [-0.4, -0.2) is 81.0 Å². The van der Waals surface area contributed by atoms with Crippen LogP contribution in [0.2, 0.25) is 5.02 Å². The topological polar surface area (TPSA) is 138 Å². The number of pyridine rings is 1. The summed E-state index contributed by atoms with van der Waals surface area (Å²) >= 11 is 6.10. The summed E-state index contributed by atoms with van der Waals surface area (Å²) in [4.78, 5) is 45.7. The molecular weight excluding hydrogens is 517 g/mol. The first-order chi connectivity index (χ1) is 18.2. The van der Waals surface area contributed by atoms with Crippen molar-refractivity contribution in [2.45, 2.75) is 62.4 Å². The van der Waals surface area contributed by atoms with Gasteiger partial charge in [0.05, 0.1) is 23.2 Å². The van der Waals surface area contributed by atoms with Gasteiger partial charge in [0.25, 0.3) is 5.91 Å². The van der Waals surface area contributed by atoms with Gasteiger partial charge in [-0.2, -0.15) is 0 Å². The fraction of sp³-hybridized carbons (Fsp3) is 0.462. The molecule has 1 aromatic heterocycles. The third-order valence-electron chi connectivity index (χ3n) is 7.45. The van der Waals surface area contributed by atoms with Crippen LogP contribution in [0.25, 0.3) is 0 Å². The highest BCUT2D eigenvalue weighted by molar-refractivity contribution is 6.31. The van der Waals surface area contributed by atoms with Gasteiger partial charge in [-0.15, -0.1) is 0 Å². The lowest BCUT2D eigenvalue weighted by Crippen LogP contribution is -2.51. The smallest absolute Gasteiger partial charge is 0.258 e. The molecular formula is C26H29ClFN5O5. The van der Waals surface area contributed by atoms with E-state index in [1.54, 1.807) is 12.1 Å². The number of aliphatic hydroxyl groups excluding tert-OH is 1. The van der Waals surface area contributed by atoms with Gasteiger partial charge in [-0.1, -0.05) is 11.6 Å². The fourth-order valence-corrected chi connectivity index (χ4v) is 5.95. The normalized spacial score (nSPS) is 26.3. The van der Waals surface area contributed by atoms with Crippen molar-refractivity contribution in [3.63, 3.8) is 0 Å². The number of aliphatic hydroxyl groups is 1. The lowest BCUT2D eigenvalue weighted by atomic mass is 9.99. The number of likely N-dealkylation sites (tertiary alicyclic amines) is 1. The lowest BCUT2D eigenvalue weighted by molar-refractivity contribution is -0.135. The minimum absolute atomic E-state index is 0.0233. The van der Waals surface area contributed by atoms with Crippen molar-refractivity contribution in [1.29, 1.82) is 0 Å². The maximum atomic E-state index is 13.3. The molecule has 3 fully saturated rings. The van der Waals surface area contributed by atoms with E-state index < -0.39 is 24.0 Å². The van der Waals surface area contributed by atoms with Gasteiger partial charge in [0.2, 0.25) is 11.8 Å².